The van der Waals surface area contributed by atoms with Gasteiger partial charge in [0.2, 0.25) is 0 Å². The Labute approximate surface area is 162 Å². The van der Waals surface area contributed by atoms with Gasteiger partial charge in [-0.1, -0.05) is 12.1 Å². The first-order chi connectivity index (χ1) is 13.6. The number of nitrogens with zero attached hydrogens (tertiary/aromatic N) is 2. The third kappa shape index (κ3) is 4.88. The van der Waals surface area contributed by atoms with Crippen molar-refractivity contribution in [2.75, 3.05) is 13.2 Å². The van der Waals surface area contributed by atoms with E-state index in [9.17, 15) is 9.18 Å². The van der Waals surface area contributed by atoms with Gasteiger partial charge in [0, 0.05) is 19.4 Å². The third-order valence-corrected chi connectivity index (χ3v) is 4.13. The van der Waals surface area contributed by atoms with Gasteiger partial charge in [0.15, 0.2) is 6.61 Å². The van der Waals surface area contributed by atoms with Gasteiger partial charge in [-0.25, -0.2) is 9.37 Å². The molecule has 1 unspecified atom stereocenters. The summed E-state index contributed by atoms with van der Waals surface area (Å²) < 4.78 is 26.0. The molecular weight excluding hydrogens is 361 g/mol. The van der Waals surface area contributed by atoms with Crippen molar-refractivity contribution in [2.45, 2.75) is 13.0 Å². The molecule has 1 atom stereocenters. The molecule has 2 aromatic carbocycles. The summed E-state index contributed by atoms with van der Waals surface area (Å²) in [6.07, 6.45) is 3.43. The summed E-state index contributed by atoms with van der Waals surface area (Å²) in [5.74, 6) is 1.29. The molecule has 0 radical (unpaired) electrons. The number of hydrogen-bond donors (Lipinski definition) is 1. The average molecular weight is 383 g/mol. The fourth-order valence-electron chi connectivity index (χ4n) is 2.76. The SMILES string of the molecule is CCOc1ccc(OCC(=O)NC(c2ccc(F)cc2)c2nccn2C)cc1. The van der Waals surface area contributed by atoms with E-state index in [1.807, 2.05) is 18.5 Å². The van der Waals surface area contributed by atoms with E-state index in [2.05, 4.69) is 10.3 Å². The number of benzene rings is 2. The molecule has 1 heterocycles. The predicted octanol–water partition coefficient (Wildman–Crippen LogP) is 3.24. The van der Waals surface area contributed by atoms with Crippen LogP contribution in [0.15, 0.2) is 60.9 Å². The molecule has 7 heteroatoms. The van der Waals surface area contributed by atoms with E-state index in [1.54, 1.807) is 48.8 Å². The van der Waals surface area contributed by atoms with E-state index in [0.717, 1.165) is 11.3 Å². The van der Waals surface area contributed by atoms with Crippen LogP contribution in [0.5, 0.6) is 11.5 Å². The number of hydrogen-bond acceptors (Lipinski definition) is 4. The van der Waals surface area contributed by atoms with Gasteiger partial charge in [0.1, 0.15) is 29.2 Å². The summed E-state index contributed by atoms with van der Waals surface area (Å²) in [7, 11) is 1.83. The lowest BCUT2D eigenvalue weighted by Crippen LogP contribution is -2.34. The molecule has 0 spiro atoms. The number of carbonyl (C=O) groups is 1. The smallest absolute Gasteiger partial charge is 0.258 e. The van der Waals surface area contributed by atoms with Crippen molar-refractivity contribution < 1.29 is 18.7 Å². The molecule has 0 saturated heterocycles. The summed E-state index contributed by atoms with van der Waals surface area (Å²) in [5, 5.41) is 2.90. The van der Waals surface area contributed by atoms with Gasteiger partial charge in [-0.05, 0) is 48.9 Å². The second-order valence-electron chi connectivity index (χ2n) is 6.14. The minimum absolute atomic E-state index is 0.157. The maximum atomic E-state index is 13.3. The van der Waals surface area contributed by atoms with E-state index in [4.69, 9.17) is 9.47 Å². The van der Waals surface area contributed by atoms with Crippen LogP contribution in [0.25, 0.3) is 0 Å². The Morgan fingerprint density at radius 2 is 1.75 bits per heavy atom. The summed E-state index contributed by atoms with van der Waals surface area (Å²) in [5.41, 5.74) is 0.727. The Morgan fingerprint density at radius 1 is 1.11 bits per heavy atom. The minimum atomic E-state index is -0.517. The standard InChI is InChI=1S/C21H22FN3O3/c1-3-27-17-8-10-18(11-9-17)28-14-19(26)24-20(21-23-12-13-25(21)2)15-4-6-16(22)7-5-15/h4-13,20H,3,14H2,1-2H3,(H,24,26). The minimum Gasteiger partial charge on any atom is -0.494 e. The molecule has 1 N–H and O–H groups in total. The van der Waals surface area contributed by atoms with Crippen molar-refractivity contribution in [1.82, 2.24) is 14.9 Å². The molecule has 0 aliphatic carbocycles. The molecule has 3 rings (SSSR count). The van der Waals surface area contributed by atoms with E-state index < -0.39 is 6.04 Å². The molecule has 3 aromatic rings. The molecule has 6 nitrogen and oxygen atoms in total. The van der Waals surface area contributed by atoms with Crippen LogP contribution < -0.4 is 14.8 Å². The summed E-state index contributed by atoms with van der Waals surface area (Å²) in [6.45, 7) is 2.34. The lowest BCUT2D eigenvalue weighted by Gasteiger charge is -2.19. The predicted molar refractivity (Wildman–Crippen MR) is 103 cm³/mol. The lowest BCUT2D eigenvalue weighted by atomic mass is 10.1. The summed E-state index contributed by atoms with van der Waals surface area (Å²) in [4.78, 5) is 16.8. The topological polar surface area (TPSA) is 65.4 Å². The number of nitrogens with one attached hydrogen (secondary N) is 1. The fraction of sp³-hybridized carbons (Fsp3) is 0.238. The Kier molecular flexibility index (Phi) is 6.26. The van der Waals surface area contributed by atoms with Crippen LogP contribution in [0.1, 0.15) is 24.4 Å². The van der Waals surface area contributed by atoms with Gasteiger partial charge in [-0.3, -0.25) is 4.79 Å². The molecule has 146 valence electrons. The van der Waals surface area contributed by atoms with E-state index in [-0.39, 0.29) is 18.3 Å². The average Bonchev–Trinajstić information content (AvgIpc) is 3.12. The van der Waals surface area contributed by atoms with Gasteiger partial charge in [0.05, 0.1) is 6.61 Å². The van der Waals surface area contributed by atoms with Crippen LogP contribution in [-0.4, -0.2) is 28.7 Å². The number of halogens is 1. The van der Waals surface area contributed by atoms with Gasteiger partial charge in [0.25, 0.3) is 5.91 Å². The highest BCUT2D eigenvalue weighted by Gasteiger charge is 2.21. The van der Waals surface area contributed by atoms with Crippen LogP contribution in [0, 0.1) is 5.82 Å². The normalized spacial score (nSPS) is 11.7. The first kappa shape index (κ1) is 19.4. The number of aryl methyl sites for hydroxylation is 1. The second kappa shape index (κ2) is 9.03. The Bertz CT molecular complexity index is 907. The molecule has 0 saturated carbocycles. The number of aromatic nitrogens is 2. The summed E-state index contributed by atoms with van der Waals surface area (Å²) >= 11 is 0. The molecule has 1 amide bonds. The molecule has 0 aliphatic heterocycles. The van der Waals surface area contributed by atoms with Crippen molar-refractivity contribution in [2.24, 2.45) is 7.05 Å². The van der Waals surface area contributed by atoms with Gasteiger partial charge < -0.3 is 19.4 Å². The third-order valence-electron chi connectivity index (χ3n) is 4.13. The molecule has 0 aliphatic rings. The van der Waals surface area contributed by atoms with Crippen molar-refractivity contribution in [3.05, 3.63) is 78.1 Å². The first-order valence-electron chi connectivity index (χ1n) is 8.94. The van der Waals surface area contributed by atoms with Gasteiger partial charge >= 0.3 is 0 Å². The van der Waals surface area contributed by atoms with E-state index >= 15 is 0 Å². The maximum Gasteiger partial charge on any atom is 0.258 e. The van der Waals surface area contributed by atoms with Crippen molar-refractivity contribution in [3.63, 3.8) is 0 Å². The fourth-order valence-corrected chi connectivity index (χ4v) is 2.76. The van der Waals surface area contributed by atoms with Crippen molar-refractivity contribution in [3.8, 4) is 11.5 Å². The maximum absolute atomic E-state index is 13.3. The zero-order valence-corrected chi connectivity index (χ0v) is 15.8. The van der Waals surface area contributed by atoms with Crippen molar-refractivity contribution >= 4 is 5.91 Å². The first-order valence-corrected chi connectivity index (χ1v) is 8.94. The second-order valence-corrected chi connectivity index (χ2v) is 6.14. The quantitative estimate of drug-likeness (QED) is 0.649. The van der Waals surface area contributed by atoms with Crippen LogP contribution in [0.4, 0.5) is 4.39 Å². The number of imidazole rings is 1. The highest BCUT2D eigenvalue weighted by molar-refractivity contribution is 5.78. The van der Waals surface area contributed by atoms with Gasteiger partial charge in [-0.2, -0.15) is 0 Å². The van der Waals surface area contributed by atoms with Gasteiger partial charge in [-0.15, -0.1) is 0 Å². The number of ether oxygens (including phenoxy) is 2. The number of carbonyl (C=O) groups excluding carboxylic acids is 1. The number of amides is 1. The van der Waals surface area contributed by atoms with Crippen LogP contribution >= 0.6 is 0 Å². The summed E-state index contributed by atoms with van der Waals surface area (Å²) in [6, 6.07) is 12.5. The van der Waals surface area contributed by atoms with Crippen molar-refractivity contribution in [1.29, 1.82) is 0 Å². The van der Waals surface area contributed by atoms with E-state index in [1.165, 1.54) is 12.1 Å². The zero-order chi connectivity index (χ0) is 19.9. The highest BCUT2D eigenvalue weighted by atomic mass is 19.1. The molecular formula is C21H22FN3O3. The van der Waals surface area contributed by atoms with E-state index in [0.29, 0.717) is 18.2 Å². The molecule has 0 fully saturated rings. The molecule has 1 aromatic heterocycles. The Morgan fingerprint density at radius 3 is 2.32 bits per heavy atom. The Hall–Kier alpha value is -3.35. The monoisotopic (exact) mass is 383 g/mol. The lowest BCUT2D eigenvalue weighted by molar-refractivity contribution is -0.123. The zero-order valence-electron chi connectivity index (χ0n) is 15.8. The Balaban J connectivity index is 1.67. The van der Waals surface area contributed by atoms with Crippen LogP contribution in [0.3, 0.4) is 0 Å². The van der Waals surface area contributed by atoms with Crippen LogP contribution in [-0.2, 0) is 11.8 Å². The molecule has 0 bridgehead atoms. The largest absolute Gasteiger partial charge is 0.494 e. The number of rotatable bonds is 8. The highest BCUT2D eigenvalue weighted by Crippen LogP contribution is 2.21. The molecule has 28 heavy (non-hydrogen) atoms. The van der Waals surface area contributed by atoms with Crippen LogP contribution in [0.2, 0.25) is 0 Å².